The molecule has 0 aromatic heterocycles. The summed E-state index contributed by atoms with van der Waals surface area (Å²) in [5.74, 6) is 0.0685. The van der Waals surface area contributed by atoms with Crippen LogP contribution in [-0.2, 0) is 9.53 Å². The summed E-state index contributed by atoms with van der Waals surface area (Å²) in [6.45, 7) is 9.19. The van der Waals surface area contributed by atoms with E-state index in [2.05, 4.69) is 10.1 Å². The molecule has 0 atom stereocenters. The summed E-state index contributed by atoms with van der Waals surface area (Å²) in [4.78, 5) is 23.4. The zero-order valence-corrected chi connectivity index (χ0v) is 14.0. The molecule has 1 N–H and O–H groups in total. The van der Waals surface area contributed by atoms with E-state index in [1.807, 2.05) is 25.7 Å². The summed E-state index contributed by atoms with van der Waals surface area (Å²) in [5, 5.41) is 3.82. The third-order valence-corrected chi connectivity index (χ3v) is 3.11. The minimum Gasteiger partial charge on any atom is -0.462 e. The van der Waals surface area contributed by atoms with Crippen molar-refractivity contribution in [1.29, 1.82) is 0 Å². The van der Waals surface area contributed by atoms with Gasteiger partial charge in [-0.05, 0) is 39.0 Å². The number of nitrogens with one attached hydrogen (secondary N) is 1. The second-order valence-electron chi connectivity index (χ2n) is 5.88. The van der Waals surface area contributed by atoms with Gasteiger partial charge >= 0.3 is 0 Å². The highest BCUT2D eigenvalue weighted by atomic mass is 35.5. The minimum absolute atomic E-state index is 0.0685. The van der Waals surface area contributed by atoms with Crippen LogP contribution in [0.2, 0.25) is 5.02 Å². The van der Waals surface area contributed by atoms with Crippen molar-refractivity contribution in [3.8, 4) is 0 Å². The molecule has 1 saturated heterocycles. The van der Waals surface area contributed by atoms with Crippen LogP contribution in [-0.4, -0.2) is 49.1 Å². The second-order valence-corrected chi connectivity index (χ2v) is 6.32. The molecule has 122 valence electrons. The second kappa shape index (κ2) is 8.76. The first-order chi connectivity index (χ1) is 10.3. The average Bonchev–Trinajstić information content (AvgIpc) is 2.47. The molecule has 22 heavy (non-hydrogen) atoms. The van der Waals surface area contributed by atoms with E-state index in [1.165, 1.54) is 0 Å². The lowest BCUT2D eigenvalue weighted by molar-refractivity contribution is -0.138. The number of piperazine rings is 1. The molecule has 1 aromatic carbocycles. The van der Waals surface area contributed by atoms with Gasteiger partial charge in [-0.2, -0.15) is 0 Å². The predicted octanol–water partition coefficient (Wildman–Crippen LogP) is 2.34. The van der Waals surface area contributed by atoms with E-state index >= 15 is 0 Å². The molecule has 0 bridgehead atoms. The van der Waals surface area contributed by atoms with Crippen molar-refractivity contribution >= 4 is 24.0 Å². The summed E-state index contributed by atoms with van der Waals surface area (Å²) >= 11 is 5.84. The molecular weight excluding hydrogens is 304 g/mol. The summed E-state index contributed by atoms with van der Waals surface area (Å²) in [7, 11) is 0. The molecule has 5 nitrogen and oxygen atoms in total. The number of hydrogen-bond acceptors (Lipinski definition) is 4. The SMILES string of the molecule is CC(C)(C)OC=O.O=C(c1cccc(Cl)c1)N1CCNCC1. The summed E-state index contributed by atoms with van der Waals surface area (Å²) in [6.07, 6.45) is 0. The van der Waals surface area contributed by atoms with E-state index in [0.29, 0.717) is 17.1 Å². The van der Waals surface area contributed by atoms with Crippen LogP contribution >= 0.6 is 11.6 Å². The molecule has 0 aliphatic carbocycles. The first kappa shape index (κ1) is 18.5. The zero-order valence-electron chi connectivity index (χ0n) is 13.3. The molecule has 0 radical (unpaired) electrons. The molecular formula is C16H23ClN2O3. The number of amides is 1. The van der Waals surface area contributed by atoms with Gasteiger partial charge in [-0.3, -0.25) is 9.59 Å². The van der Waals surface area contributed by atoms with Crippen LogP contribution in [0.4, 0.5) is 0 Å². The fourth-order valence-corrected chi connectivity index (χ4v) is 2.01. The summed E-state index contributed by atoms with van der Waals surface area (Å²) in [6, 6.07) is 7.09. The van der Waals surface area contributed by atoms with Crippen molar-refractivity contribution in [2.75, 3.05) is 26.2 Å². The van der Waals surface area contributed by atoms with Crippen LogP contribution in [0.15, 0.2) is 24.3 Å². The van der Waals surface area contributed by atoms with Crippen molar-refractivity contribution in [3.63, 3.8) is 0 Å². The molecule has 1 aliphatic rings. The van der Waals surface area contributed by atoms with Gasteiger partial charge < -0.3 is 15.0 Å². The van der Waals surface area contributed by atoms with Gasteiger partial charge in [0.1, 0.15) is 5.60 Å². The van der Waals surface area contributed by atoms with Crippen molar-refractivity contribution in [2.24, 2.45) is 0 Å². The molecule has 1 heterocycles. The van der Waals surface area contributed by atoms with Gasteiger partial charge in [0, 0.05) is 36.8 Å². The van der Waals surface area contributed by atoms with Crippen molar-refractivity contribution < 1.29 is 14.3 Å². The lowest BCUT2D eigenvalue weighted by Gasteiger charge is -2.27. The maximum Gasteiger partial charge on any atom is 0.293 e. The highest BCUT2D eigenvalue weighted by Crippen LogP contribution is 2.13. The highest BCUT2D eigenvalue weighted by molar-refractivity contribution is 6.30. The van der Waals surface area contributed by atoms with E-state index in [1.54, 1.807) is 24.3 Å². The van der Waals surface area contributed by atoms with Crippen LogP contribution in [0.3, 0.4) is 0 Å². The van der Waals surface area contributed by atoms with Crippen molar-refractivity contribution in [3.05, 3.63) is 34.9 Å². The average molecular weight is 327 g/mol. The van der Waals surface area contributed by atoms with E-state index in [4.69, 9.17) is 11.6 Å². The van der Waals surface area contributed by atoms with Crippen LogP contribution in [0.25, 0.3) is 0 Å². The number of ether oxygens (including phenoxy) is 1. The third kappa shape index (κ3) is 6.91. The fraction of sp³-hybridized carbons (Fsp3) is 0.500. The largest absolute Gasteiger partial charge is 0.462 e. The Balaban J connectivity index is 0.000000295. The lowest BCUT2D eigenvalue weighted by Crippen LogP contribution is -2.46. The van der Waals surface area contributed by atoms with E-state index in [0.717, 1.165) is 26.2 Å². The Bertz CT molecular complexity index is 494. The first-order valence-corrected chi connectivity index (χ1v) is 7.58. The molecule has 1 fully saturated rings. The maximum absolute atomic E-state index is 12.0. The Morgan fingerprint density at radius 1 is 1.32 bits per heavy atom. The smallest absolute Gasteiger partial charge is 0.293 e. The zero-order chi connectivity index (χ0) is 16.6. The third-order valence-electron chi connectivity index (χ3n) is 2.88. The standard InChI is InChI=1S/C11H13ClN2O.C5H10O2/c12-10-3-1-2-9(8-10)11(15)14-6-4-13-5-7-14;1-5(2,3)7-4-6/h1-3,8,13H,4-7H2;4H,1-3H3. The molecule has 1 aromatic rings. The van der Waals surface area contributed by atoms with Gasteiger partial charge in [-0.25, -0.2) is 0 Å². The molecule has 2 rings (SSSR count). The van der Waals surface area contributed by atoms with Gasteiger partial charge in [0.25, 0.3) is 12.4 Å². The number of carbonyl (C=O) groups is 2. The maximum atomic E-state index is 12.0. The quantitative estimate of drug-likeness (QED) is 0.848. The molecule has 0 saturated carbocycles. The topological polar surface area (TPSA) is 58.6 Å². The Morgan fingerprint density at radius 2 is 1.95 bits per heavy atom. The summed E-state index contributed by atoms with van der Waals surface area (Å²) in [5.41, 5.74) is 0.353. The van der Waals surface area contributed by atoms with Crippen molar-refractivity contribution in [2.45, 2.75) is 26.4 Å². The normalized spacial score (nSPS) is 14.6. The molecule has 1 aliphatic heterocycles. The van der Waals surface area contributed by atoms with Crippen LogP contribution in [0, 0.1) is 0 Å². The lowest BCUT2D eigenvalue weighted by atomic mass is 10.2. The Morgan fingerprint density at radius 3 is 2.41 bits per heavy atom. The Kier molecular flexibility index (Phi) is 7.35. The van der Waals surface area contributed by atoms with Crippen LogP contribution < -0.4 is 5.32 Å². The van der Waals surface area contributed by atoms with E-state index in [9.17, 15) is 9.59 Å². The van der Waals surface area contributed by atoms with E-state index < -0.39 is 0 Å². The van der Waals surface area contributed by atoms with Crippen LogP contribution in [0.5, 0.6) is 0 Å². The van der Waals surface area contributed by atoms with Crippen molar-refractivity contribution in [1.82, 2.24) is 10.2 Å². The summed E-state index contributed by atoms with van der Waals surface area (Å²) < 4.78 is 4.55. The van der Waals surface area contributed by atoms with Crippen LogP contribution in [0.1, 0.15) is 31.1 Å². The number of carbonyl (C=O) groups excluding carboxylic acids is 2. The van der Waals surface area contributed by atoms with Gasteiger partial charge in [-0.1, -0.05) is 17.7 Å². The molecule has 1 amide bonds. The Hall–Kier alpha value is -1.59. The number of benzene rings is 1. The number of nitrogens with zero attached hydrogens (tertiary/aromatic N) is 1. The minimum atomic E-state index is -0.318. The number of rotatable bonds is 2. The number of halogens is 1. The van der Waals surface area contributed by atoms with Gasteiger partial charge in [0.2, 0.25) is 0 Å². The fourth-order valence-electron chi connectivity index (χ4n) is 1.82. The van der Waals surface area contributed by atoms with Gasteiger partial charge in [0.15, 0.2) is 0 Å². The molecule has 6 heteroatoms. The first-order valence-electron chi connectivity index (χ1n) is 7.20. The monoisotopic (exact) mass is 326 g/mol. The Labute approximate surface area is 136 Å². The predicted molar refractivity (Wildman–Crippen MR) is 87.1 cm³/mol. The van der Waals surface area contributed by atoms with Gasteiger partial charge in [-0.15, -0.1) is 0 Å². The van der Waals surface area contributed by atoms with E-state index in [-0.39, 0.29) is 11.5 Å². The molecule has 0 unspecified atom stereocenters. The number of hydrogen-bond donors (Lipinski definition) is 1. The van der Waals surface area contributed by atoms with Gasteiger partial charge in [0.05, 0.1) is 0 Å². The highest BCUT2D eigenvalue weighted by Gasteiger charge is 2.17. The molecule has 0 spiro atoms.